The molecule has 0 bridgehead atoms. The van der Waals surface area contributed by atoms with Gasteiger partial charge in [0.1, 0.15) is 11.5 Å². The molecule has 17 heavy (non-hydrogen) atoms. The summed E-state index contributed by atoms with van der Waals surface area (Å²) in [4.78, 5) is 0. The van der Waals surface area contributed by atoms with Crippen molar-refractivity contribution in [2.24, 2.45) is 0 Å². The molecule has 0 N–H and O–H groups in total. The van der Waals surface area contributed by atoms with Gasteiger partial charge in [0.25, 0.3) is 0 Å². The van der Waals surface area contributed by atoms with Crippen molar-refractivity contribution in [2.75, 3.05) is 0 Å². The zero-order chi connectivity index (χ0) is 12.3. The van der Waals surface area contributed by atoms with Gasteiger partial charge in [0, 0.05) is 12.8 Å². The monoisotopic (exact) mass is 230 g/mol. The standard InChI is InChI=1S/C15H18O2/c1-11(8-14-9-12(2)10-17-14)4-5-15-13(3)6-7-16-15/h4,6-7,9-10H,5,8H2,1-3H3/b11-4+. The van der Waals surface area contributed by atoms with E-state index in [4.69, 9.17) is 8.83 Å². The molecule has 2 heteroatoms. The summed E-state index contributed by atoms with van der Waals surface area (Å²) < 4.78 is 10.8. The Balaban J connectivity index is 1.96. The van der Waals surface area contributed by atoms with Crippen molar-refractivity contribution in [3.63, 3.8) is 0 Å². The first-order chi connectivity index (χ1) is 8.15. The maximum atomic E-state index is 5.43. The number of aryl methyl sites for hydroxylation is 2. The van der Waals surface area contributed by atoms with Crippen LogP contribution in [-0.2, 0) is 12.8 Å². The summed E-state index contributed by atoms with van der Waals surface area (Å²) in [6, 6.07) is 4.07. The Morgan fingerprint density at radius 1 is 1.29 bits per heavy atom. The van der Waals surface area contributed by atoms with Crippen LogP contribution >= 0.6 is 0 Å². The van der Waals surface area contributed by atoms with E-state index in [0.29, 0.717) is 0 Å². The van der Waals surface area contributed by atoms with Gasteiger partial charge in [-0.25, -0.2) is 0 Å². The van der Waals surface area contributed by atoms with E-state index in [0.717, 1.165) is 24.4 Å². The van der Waals surface area contributed by atoms with E-state index in [1.54, 1.807) is 12.5 Å². The van der Waals surface area contributed by atoms with E-state index < -0.39 is 0 Å². The summed E-state index contributed by atoms with van der Waals surface area (Å²) >= 11 is 0. The topological polar surface area (TPSA) is 26.3 Å². The second kappa shape index (κ2) is 5.09. The molecule has 2 nitrogen and oxygen atoms in total. The molecule has 2 rings (SSSR count). The van der Waals surface area contributed by atoms with Crippen molar-refractivity contribution in [1.29, 1.82) is 0 Å². The smallest absolute Gasteiger partial charge is 0.110 e. The maximum Gasteiger partial charge on any atom is 0.110 e. The normalized spacial score (nSPS) is 12.1. The van der Waals surface area contributed by atoms with Gasteiger partial charge in [0.15, 0.2) is 0 Å². The van der Waals surface area contributed by atoms with Crippen molar-refractivity contribution in [3.8, 4) is 0 Å². The number of hydrogen-bond donors (Lipinski definition) is 0. The Bertz CT molecular complexity index is 515. The lowest BCUT2D eigenvalue weighted by molar-refractivity contribution is 0.514. The SMILES string of the molecule is C/C(=C\Cc1occc1C)Cc1cc(C)co1. The van der Waals surface area contributed by atoms with Crippen LogP contribution in [-0.4, -0.2) is 0 Å². The van der Waals surface area contributed by atoms with Crippen LogP contribution in [0, 0.1) is 13.8 Å². The quantitative estimate of drug-likeness (QED) is 0.735. The molecule has 0 saturated heterocycles. The number of hydrogen-bond acceptors (Lipinski definition) is 2. The Kier molecular flexibility index (Phi) is 3.52. The van der Waals surface area contributed by atoms with Gasteiger partial charge in [-0.1, -0.05) is 11.6 Å². The number of furan rings is 2. The van der Waals surface area contributed by atoms with Gasteiger partial charge < -0.3 is 8.83 Å². The average Bonchev–Trinajstić information content (AvgIpc) is 2.85. The first kappa shape index (κ1) is 11.8. The second-order valence-electron chi connectivity index (χ2n) is 4.55. The minimum absolute atomic E-state index is 0.852. The largest absolute Gasteiger partial charge is 0.469 e. The molecule has 0 radical (unpaired) electrons. The molecule has 0 aliphatic rings. The first-order valence-corrected chi connectivity index (χ1v) is 5.88. The molecule has 0 unspecified atom stereocenters. The molecule has 0 spiro atoms. The van der Waals surface area contributed by atoms with Crippen molar-refractivity contribution in [1.82, 2.24) is 0 Å². The minimum Gasteiger partial charge on any atom is -0.469 e. The Labute approximate surface area is 102 Å². The first-order valence-electron chi connectivity index (χ1n) is 5.88. The van der Waals surface area contributed by atoms with Crippen LogP contribution < -0.4 is 0 Å². The van der Waals surface area contributed by atoms with Crippen molar-refractivity contribution < 1.29 is 8.83 Å². The van der Waals surface area contributed by atoms with E-state index in [2.05, 4.69) is 26.0 Å². The summed E-state index contributed by atoms with van der Waals surface area (Å²) in [5, 5.41) is 0. The lowest BCUT2D eigenvalue weighted by Gasteiger charge is -1.98. The van der Waals surface area contributed by atoms with Crippen LogP contribution in [0.4, 0.5) is 0 Å². The lowest BCUT2D eigenvalue weighted by atomic mass is 10.1. The molecular formula is C15H18O2. The second-order valence-corrected chi connectivity index (χ2v) is 4.55. The molecular weight excluding hydrogens is 212 g/mol. The number of allylic oxidation sites excluding steroid dienone is 2. The Morgan fingerprint density at radius 3 is 2.71 bits per heavy atom. The lowest BCUT2D eigenvalue weighted by Crippen LogP contribution is -1.87. The van der Waals surface area contributed by atoms with Gasteiger partial charge in [-0.2, -0.15) is 0 Å². The molecule has 0 amide bonds. The summed E-state index contributed by atoms with van der Waals surface area (Å²) in [5.74, 6) is 2.06. The third-order valence-electron chi connectivity index (χ3n) is 2.84. The predicted octanol–water partition coefficient (Wildman–Crippen LogP) is 4.22. The highest BCUT2D eigenvalue weighted by Crippen LogP contribution is 2.14. The highest BCUT2D eigenvalue weighted by atomic mass is 16.3. The Morgan fingerprint density at radius 2 is 2.12 bits per heavy atom. The zero-order valence-electron chi connectivity index (χ0n) is 10.6. The van der Waals surface area contributed by atoms with Crippen LogP contribution in [0.5, 0.6) is 0 Å². The van der Waals surface area contributed by atoms with E-state index in [1.807, 2.05) is 13.0 Å². The molecule has 0 aliphatic carbocycles. The average molecular weight is 230 g/mol. The van der Waals surface area contributed by atoms with Crippen molar-refractivity contribution >= 4 is 0 Å². The van der Waals surface area contributed by atoms with Gasteiger partial charge in [-0.3, -0.25) is 0 Å². The third-order valence-corrected chi connectivity index (χ3v) is 2.84. The molecule has 0 aliphatic heterocycles. The molecule has 0 fully saturated rings. The van der Waals surface area contributed by atoms with Gasteiger partial charge in [-0.15, -0.1) is 0 Å². The van der Waals surface area contributed by atoms with Crippen LogP contribution in [0.15, 0.2) is 45.1 Å². The highest BCUT2D eigenvalue weighted by Gasteiger charge is 2.02. The molecule has 2 aromatic rings. The minimum atomic E-state index is 0.852. The van der Waals surface area contributed by atoms with E-state index in [9.17, 15) is 0 Å². The fourth-order valence-electron chi connectivity index (χ4n) is 1.81. The summed E-state index contributed by atoms with van der Waals surface area (Å²) in [6.07, 6.45) is 7.45. The number of rotatable bonds is 4. The summed E-state index contributed by atoms with van der Waals surface area (Å²) in [7, 11) is 0. The van der Waals surface area contributed by atoms with E-state index >= 15 is 0 Å². The van der Waals surface area contributed by atoms with Gasteiger partial charge in [-0.05, 0) is 44.0 Å². The van der Waals surface area contributed by atoms with Gasteiger partial charge in [0.2, 0.25) is 0 Å². The third kappa shape index (κ3) is 3.13. The molecule has 90 valence electrons. The van der Waals surface area contributed by atoms with Gasteiger partial charge >= 0.3 is 0 Å². The molecule has 0 atom stereocenters. The fraction of sp³-hybridized carbons (Fsp3) is 0.333. The van der Waals surface area contributed by atoms with Crippen LogP contribution in [0.3, 0.4) is 0 Å². The molecule has 0 aromatic carbocycles. The molecule has 2 heterocycles. The van der Waals surface area contributed by atoms with E-state index in [1.165, 1.54) is 16.7 Å². The van der Waals surface area contributed by atoms with Crippen LogP contribution in [0.1, 0.15) is 29.6 Å². The highest BCUT2D eigenvalue weighted by molar-refractivity contribution is 5.20. The summed E-state index contributed by atoms with van der Waals surface area (Å²) in [6.45, 7) is 6.23. The van der Waals surface area contributed by atoms with Crippen molar-refractivity contribution in [3.05, 3.63) is 59.0 Å². The molecule has 0 saturated carbocycles. The summed E-state index contributed by atoms with van der Waals surface area (Å²) in [5.41, 5.74) is 3.69. The van der Waals surface area contributed by atoms with Crippen molar-refractivity contribution in [2.45, 2.75) is 33.6 Å². The van der Waals surface area contributed by atoms with Crippen LogP contribution in [0.2, 0.25) is 0 Å². The molecule has 2 aromatic heterocycles. The maximum absolute atomic E-state index is 5.43. The van der Waals surface area contributed by atoms with Crippen LogP contribution in [0.25, 0.3) is 0 Å². The van der Waals surface area contributed by atoms with E-state index in [-0.39, 0.29) is 0 Å². The zero-order valence-corrected chi connectivity index (χ0v) is 10.6. The van der Waals surface area contributed by atoms with Gasteiger partial charge in [0.05, 0.1) is 12.5 Å². The predicted molar refractivity (Wildman–Crippen MR) is 68.1 cm³/mol. The Hall–Kier alpha value is -1.70. The fourth-order valence-corrected chi connectivity index (χ4v) is 1.81.